The lowest BCUT2D eigenvalue weighted by atomic mass is 10.1. The van der Waals surface area contributed by atoms with Crippen LogP contribution in [0.3, 0.4) is 0 Å². The van der Waals surface area contributed by atoms with E-state index in [0.717, 1.165) is 0 Å². The monoisotopic (exact) mass is 280 g/mol. The minimum atomic E-state index is -0.320. The van der Waals surface area contributed by atoms with E-state index in [9.17, 15) is 4.39 Å². The van der Waals surface area contributed by atoms with E-state index in [-0.39, 0.29) is 11.9 Å². The average Bonchev–Trinajstić information content (AvgIpc) is 2.41. The highest BCUT2D eigenvalue weighted by Gasteiger charge is 2.13. The van der Waals surface area contributed by atoms with Gasteiger partial charge in [-0.15, -0.1) is 0 Å². The van der Waals surface area contributed by atoms with Crippen LogP contribution in [0.15, 0.2) is 36.5 Å². The molecule has 2 rings (SSSR count). The quantitative estimate of drug-likeness (QED) is 0.858. The Kier molecular flexibility index (Phi) is 4.22. The molecule has 2 aromatic rings. The minimum Gasteiger partial charge on any atom is -0.497 e. The number of nitrogens with zero attached hydrogens (tertiary/aromatic N) is 1. The predicted molar refractivity (Wildman–Crippen MR) is 74.2 cm³/mol. The lowest BCUT2D eigenvalue weighted by Gasteiger charge is -2.17. The first-order valence-electron chi connectivity index (χ1n) is 5.82. The summed E-state index contributed by atoms with van der Waals surface area (Å²) in [6.07, 6.45) is 1.60. The molecule has 5 heteroatoms. The summed E-state index contributed by atoms with van der Waals surface area (Å²) in [4.78, 5) is 3.96. The van der Waals surface area contributed by atoms with Gasteiger partial charge in [0, 0.05) is 17.8 Å². The summed E-state index contributed by atoms with van der Waals surface area (Å²) in [6, 6.07) is 8.11. The Hall–Kier alpha value is -1.81. The first kappa shape index (κ1) is 13.6. The number of aromatic nitrogens is 1. The molecular formula is C14H14ClFN2O. The van der Waals surface area contributed by atoms with Crippen molar-refractivity contribution < 1.29 is 9.13 Å². The van der Waals surface area contributed by atoms with Crippen LogP contribution in [0, 0.1) is 5.82 Å². The van der Waals surface area contributed by atoms with E-state index < -0.39 is 0 Å². The van der Waals surface area contributed by atoms with Crippen molar-refractivity contribution in [3.8, 4) is 5.75 Å². The molecule has 0 aliphatic heterocycles. The van der Waals surface area contributed by atoms with Crippen molar-refractivity contribution in [1.82, 2.24) is 4.98 Å². The smallest absolute Gasteiger partial charge is 0.152 e. The van der Waals surface area contributed by atoms with Crippen LogP contribution in [0.2, 0.25) is 5.15 Å². The van der Waals surface area contributed by atoms with E-state index in [1.54, 1.807) is 30.5 Å². The van der Waals surface area contributed by atoms with Gasteiger partial charge in [-0.1, -0.05) is 17.7 Å². The van der Waals surface area contributed by atoms with Crippen molar-refractivity contribution in [1.29, 1.82) is 0 Å². The molecule has 1 atom stereocenters. The van der Waals surface area contributed by atoms with Crippen molar-refractivity contribution in [3.05, 3.63) is 53.1 Å². The van der Waals surface area contributed by atoms with E-state index in [1.165, 1.54) is 13.2 Å². The van der Waals surface area contributed by atoms with Crippen molar-refractivity contribution in [2.45, 2.75) is 13.0 Å². The molecule has 0 aliphatic carbocycles. The normalized spacial score (nSPS) is 12.0. The third-order valence-electron chi connectivity index (χ3n) is 2.81. The Labute approximate surface area is 116 Å². The number of hydrogen-bond acceptors (Lipinski definition) is 3. The second kappa shape index (κ2) is 5.89. The van der Waals surface area contributed by atoms with E-state index in [4.69, 9.17) is 16.3 Å². The first-order chi connectivity index (χ1) is 9.11. The topological polar surface area (TPSA) is 34.1 Å². The molecule has 0 saturated heterocycles. The fourth-order valence-electron chi connectivity index (χ4n) is 1.79. The molecule has 0 spiro atoms. The number of hydrogen-bond donors (Lipinski definition) is 1. The van der Waals surface area contributed by atoms with E-state index in [0.29, 0.717) is 22.2 Å². The second-order valence-electron chi connectivity index (χ2n) is 4.10. The zero-order valence-corrected chi connectivity index (χ0v) is 11.4. The van der Waals surface area contributed by atoms with Gasteiger partial charge in [-0.2, -0.15) is 0 Å². The molecule has 1 aromatic heterocycles. The molecule has 0 radical (unpaired) electrons. The standard InChI is InChI=1S/C14H14ClFN2O/c1-9(18-13-4-3-7-17-14(13)15)11-6-5-10(19-2)8-12(11)16/h3-9,18H,1-2H3. The highest BCUT2D eigenvalue weighted by molar-refractivity contribution is 6.31. The number of methoxy groups -OCH3 is 1. The number of benzene rings is 1. The summed E-state index contributed by atoms with van der Waals surface area (Å²) < 4.78 is 18.9. The van der Waals surface area contributed by atoms with E-state index in [2.05, 4.69) is 10.3 Å². The molecule has 1 N–H and O–H groups in total. The van der Waals surface area contributed by atoms with Crippen LogP contribution in [0.4, 0.5) is 10.1 Å². The Morgan fingerprint density at radius 3 is 2.79 bits per heavy atom. The Morgan fingerprint density at radius 1 is 1.37 bits per heavy atom. The molecule has 0 aliphatic rings. The van der Waals surface area contributed by atoms with Gasteiger partial charge in [0.05, 0.1) is 18.8 Å². The fourth-order valence-corrected chi connectivity index (χ4v) is 1.96. The number of nitrogens with one attached hydrogen (secondary N) is 1. The molecule has 3 nitrogen and oxygen atoms in total. The number of rotatable bonds is 4. The van der Waals surface area contributed by atoms with Crippen LogP contribution >= 0.6 is 11.6 Å². The molecule has 1 unspecified atom stereocenters. The number of anilines is 1. The van der Waals surface area contributed by atoms with Crippen LogP contribution in [-0.4, -0.2) is 12.1 Å². The SMILES string of the molecule is COc1ccc(C(C)Nc2cccnc2Cl)c(F)c1. The highest BCUT2D eigenvalue weighted by Crippen LogP contribution is 2.27. The third kappa shape index (κ3) is 3.15. The zero-order valence-electron chi connectivity index (χ0n) is 10.7. The van der Waals surface area contributed by atoms with Crippen LogP contribution in [0.25, 0.3) is 0 Å². The molecule has 19 heavy (non-hydrogen) atoms. The maximum absolute atomic E-state index is 13.9. The minimum absolute atomic E-state index is 0.229. The fraction of sp³-hybridized carbons (Fsp3) is 0.214. The van der Waals surface area contributed by atoms with Crippen molar-refractivity contribution >= 4 is 17.3 Å². The summed E-state index contributed by atoms with van der Waals surface area (Å²) in [7, 11) is 1.51. The van der Waals surface area contributed by atoms with Gasteiger partial charge in [0.25, 0.3) is 0 Å². The molecule has 0 saturated carbocycles. The number of ether oxygens (including phenoxy) is 1. The molecule has 1 heterocycles. The summed E-state index contributed by atoms with van der Waals surface area (Å²) in [5.41, 5.74) is 1.22. The van der Waals surface area contributed by atoms with Gasteiger partial charge in [0.1, 0.15) is 11.6 Å². The molecular weight excluding hydrogens is 267 g/mol. The van der Waals surface area contributed by atoms with Crippen LogP contribution in [0.1, 0.15) is 18.5 Å². The average molecular weight is 281 g/mol. The van der Waals surface area contributed by atoms with Crippen LogP contribution < -0.4 is 10.1 Å². The maximum atomic E-state index is 13.9. The van der Waals surface area contributed by atoms with Gasteiger partial charge >= 0.3 is 0 Å². The van der Waals surface area contributed by atoms with Crippen molar-refractivity contribution in [3.63, 3.8) is 0 Å². The Bertz CT molecular complexity index is 577. The first-order valence-corrected chi connectivity index (χ1v) is 6.20. The Morgan fingerprint density at radius 2 is 2.16 bits per heavy atom. The molecule has 0 amide bonds. The third-order valence-corrected chi connectivity index (χ3v) is 3.11. The van der Waals surface area contributed by atoms with Gasteiger partial charge in [0.15, 0.2) is 5.15 Å². The zero-order chi connectivity index (χ0) is 13.8. The number of pyridine rings is 1. The van der Waals surface area contributed by atoms with E-state index >= 15 is 0 Å². The van der Waals surface area contributed by atoms with E-state index in [1.807, 2.05) is 6.92 Å². The van der Waals surface area contributed by atoms with Gasteiger partial charge in [-0.3, -0.25) is 0 Å². The summed E-state index contributed by atoms with van der Waals surface area (Å²) in [6.45, 7) is 1.86. The molecule has 0 bridgehead atoms. The molecule has 0 fully saturated rings. The van der Waals surface area contributed by atoms with Gasteiger partial charge < -0.3 is 10.1 Å². The van der Waals surface area contributed by atoms with Crippen LogP contribution in [-0.2, 0) is 0 Å². The van der Waals surface area contributed by atoms with Gasteiger partial charge in [0.2, 0.25) is 0 Å². The Balaban J connectivity index is 2.21. The largest absolute Gasteiger partial charge is 0.497 e. The van der Waals surface area contributed by atoms with Crippen molar-refractivity contribution in [2.24, 2.45) is 0 Å². The highest BCUT2D eigenvalue weighted by atomic mass is 35.5. The summed E-state index contributed by atoms with van der Waals surface area (Å²) >= 11 is 5.96. The van der Waals surface area contributed by atoms with Crippen molar-refractivity contribution in [2.75, 3.05) is 12.4 Å². The number of halogens is 2. The summed E-state index contributed by atoms with van der Waals surface area (Å²) in [5.74, 6) is 0.173. The predicted octanol–water partition coefficient (Wildman–Crippen LogP) is 4.06. The maximum Gasteiger partial charge on any atom is 0.152 e. The van der Waals surface area contributed by atoms with Gasteiger partial charge in [-0.05, 0) is 25.1 Å². The summed E-state index contributed by atoms with van der Waals surface area (Å²) in [5, 5.41) is 3.49. The molecule has 1 aromatic carbocycles. The lowest BCUT2D eigenvalue weighted by Crippen LogP contribution is -2.09. The van der Waals surface area contributed by atoms with Gasteiger partial charge in [-0.25, -0.2) is 9.37 Å². The second-order valence-corrected chi connectivity index (χ2v) is 4.45. The van der Waals surface area contributed by atoms with Crippen LogP contribution in [0.5, 0.6) is 5.75 Å². The lowest BCUT2D eigenvalue weighted by molar-refractivity contribution is 0.410. The molecule has 100 valence electrons.